The predicted molar refractivity (Wildman–Crippen MR) is 123 cm³/mol. The Morgan fingerprint density at radius 3 is 2.84 bits per heavy atom. The molecule has 0 bridgehead atoms. The molecular formula is C21H21N5O3S2. The van der Waals surface area contributed by atoms with Crippen LogP contribution in [0.3, 0.4) is 0 Å². The number of hydrogen-bond donors (Lipinski definition) is 3. The molecule has 1 aliphatic rings. The third-order valence-corrected chi connectivity index (χ3v) is 6.60. The number of fused-ring (bicyclic) bond motifs is 1. The Morgan fingerprint density at radius 1 is 1.19 bits per heavy atom. The number of carbonyl (C=O) groups excluding carboxylic acids is 3. The third-order valence-electron chi connectivity index (χ3n) is 4.88. The summed E-state index contributed by atoms with van der Waals surface area (Å²) in [6, 6.07) is 15.3. The van der Waals surface area contributed by atoms with Gasteiger partial charge in [-0.15, -0.1) is 11.8 Å². The maximum absolute atomic E-state index is 12.4. The van der Waals surface area contributed by atoms with Crippen LogP contribution in [0.15, 0.2) is 53.4 Å². The molecule has 1 aliphatic heterocycles. The minimum Gasteiger partial charge on any atom is -0.352 e. The van der Waals surface area contributed by atoms with Gasteiger partial charge >= 0.3 is 0 Å². The summed E-state index contributed by atoms with van der Waals surface area (Å²) in [5.74, 6) is -1.42. The van der Waals surface area contributed by atoms with Gasteiger partial charge in [-0.1, -0.05) is 29.5 Å². The van der Waals surface area contributed by atoms with Crippen molar-refractivity contribution in [3.63, 3.8) is 0 Å². The number of nitrogens with one attached hydrogen (secondary N) is 3. The molecule has 0 spiro atoms. The summed E-state index contributed by atoms with van der Waals surface area (Å²) in [6.45, 7) is 0.250. The van der Waals surface area contributed by atoms with E-state index in [1.54, 1.807) is 16.7 Å². The largest absolute Gasteiger partial charge is 0.352 e. The fourth-order valence-corrected chi connectivity index (χ4v) is 4.61. The van der Waals surface area contributed by atoms with Crippen molar-refractivity contribution in [2.75, 3.05) is 29.6 Å². The molecule has 1 atom stereocenters. The number of para-hydroxylation sites is 1. The number of rotatable bonds is 6. The van der Waals surface area contributed by atoms with Crippen molar-refractivity contribution in [1.29, 1.82) is 0 Å². The normalized spacial score (nSPS) is 15.8. The van der Waals surface area contributed by atoms with E-state index in [9.17, 15) is 14.4 Å². The van der Waals surface area contributed by atoms with Gasteiger partial charge in [-0.3, -0.25) is 25.2 Å². The molecule has 3 amide bonds. The number of hydrazine groups is 1. The van der Waals surface area contributed by atoms with Gasteiger partial charge in [0.15, 0.2) is 5.13 Å². The summed E-state index contributed by atoms with van der Waals surface area (Å²) in [5.41, 5.74) is 6.46. The first-order valence-corrected chi connectivity index (χ1v) is 11.7. The summed E-state index contributed by atoms with van der Waals surface area (Å²) in [6.07, 6.45) is 2.07. The highest BCUT2D eigenvalue weighted by Crippen LogP contribution is 2.28. The number of amides is 3. The van der Waals surface area contributed by atoms with Crippen molar-refractivity contribution in [1.82, 2.24) is 15.8 Å². The smallest absolute Gasteiger partial charge is 0.257 e. The molecule has 10 heteroatoms. The van der Waals surface area contributed by atoms with Crippen molar-refractivity contribution >= 4 is 61.9 Å². The van der Waals surface area contributed by atoms with Crippen molar-refractivity contribution in [2.45, 2.75) is 11.3 Å². The molecule has 31 heavy (non-hydrogen) atoms. The van der Waals surface area contributed by atoms with Crippen LogP contribution in [0.2, 0.25) is 0 Å². The number of benzene rings is 2. The molecule has 3 N–H and O–H groups in total. The van der Waals surface area contributed by atoms with E-state index in [0.29, 0.717) is 5.13 Å². The number of nitrogens with zero attached hydrogens (tertiary/aromatic N) is 2. The Labute approximate surface area is 187 Å². The van der Waals surface area contributed by atoms with Crippen LogP contribution in [0.25, 0.3) is 10.2 Å². The van der Waals surface area contributed by atoms with Gasteiger partial charge in [0.25, 0.3) is 5.91 Å². The lowest BCUT2D eigenvalue weighted by Crippen LogP contribution is -2.47. The van der Waals surface area contributed by atoms with Gasteiger partial charge < -0.3 is 10.2 Å². The highest BCUT2D eigenvalue weighted by molar-refractivity contribution is 7.98. The second-order valence-corrected chi connectivity index (χ2v) is 8.89. The van der Waals surface area contributed by atoms with Gasteiger partial charge in [0.1, 0.15) is 0 Å². The highest BCUT2D eigenvalue weighted by Gasteiger charge is 2.35. The zero-order valence-corrected chi connectivity index (χ0v) is 18.4. The third kappa shape index (κ3) is 4.97. The molecule has 0 unspecified atom stereocenters. The van der Waals surface area contributed by atoms with E-state index in [1.165, 1.54) is 11.3 Å². The molecule has 1 saturated heterocycles. The molecule has 0 radical (unpaired) electrons. The Balaban J connectivity index is 1.26. The fourth-order valence-electron chi connectivity index (χ4n) is 3.29. The minimum absolute atomic E-state index is 0.0305. The summed E-state index contributed by atoms with van der Waals surface area (Å²) < 4.78 is 1.03. The number of hydrogen-bond acceptors (Lipinski definition) is 7. The van der Waals surface area contributed by atoms with E-state index in [4.69, 9.17) is 0 Å². The summed E-state index contributed by atoms with van der Waals surface area (Å²) in [4.78, 5) is 44.0. The standard InChI is InChI=1S/C21H21N5O3S2/c1-30-15-6-4-5-14(10-15)26-12-13(9-19(26)28)20(29)25-24-18(27)11-22-21-23-16-7-2-3-8-17(16)31-21/h2-8,10,13H,9,11-12H2,1H3,(H,22,23)(H,24,27)(H,25,29)/t13-/m0/s1. The van der Waals surface area contributed by atoms with Gasteiger partial charge in [0, 0.05) is 23.5 Å². The Hall–Kier alpha value is -3.11. The van der Waals surface area contributed by atoms with Crippen molar-refractivity contribution in [2.24, 2.45) is 5.92 Å². The Kier molecular flexibility index (Phi) is 6.38. The van der Waals surface area contributed by atoms with Crippen molar-refractivity contribution in [3.8, 4) is 0 Å². The van der Waals surface area contributed by atoms with Gasteiger partial charge in [-0.2, -0.15) is 0 Å². The van der Waals surface area contributed by atoms with Crippen LogP contribution >= 0.6 is 23.1 Å². The van der Waals surface area contributed by atoms with Crippen LogP contribution in [0, 0.1) is 5.92 Å². The monoisotopic (exact) mass is 455 g/mol. The lowest BCUT2D eigenvalue weighted by Gasteiger charge is -2.17. The summed E-state index contributed by atoms with van der Waals surface area (Å²) in [7, 11) is 0. The number of thioether (sulfide) groups is 1. The first-order valence-electron chi connectivity index (χ1n) is 9.66. The molecule has 0 saturated carbocycles. The van der Waals surface area contributed by atoms with E-state index in [-0.39, 0.29) is 31.3 Å². The summed E-state index contributed by atoms with van der Waals surface area (Å²) in [5, 5.41) is 3.58. The van der Waals surface area contributed by atoms with Crippen molar-refractivity contribution < 1.29 is 14.4 Å². The lowest BCUT2D eigenvalue weighted by atomic mass is 10.1. The van der Waals surface area contributed by atoms with E-state index in [0.717, 1.165) is 20.8 Å². The minimum atomic E-state index is -0.525. The molecule has 1 fully saturated rings. The quantitative estimate of drug-likeness (QED) is 0.390. The molecule has 160 valence electrons. The molecule has 0 aliphatic carbocycles. The molecule has 8 nitrogen and oxygen atoms in total. The van der Waals surface area contributed by atoms with E-state index in [2.05, 4.69) is 21.2 Å². The van der Waals surface area contributed by atoms with Gasteiger partial charge in [0.2, 0.25) is 11.8 Å². The van der Waals surface area contributed by atoms with Gasteiger partial charge in [0.05, 0.1) is 22.7 Å². The molecule has 3 aromatic rings. The second kappa shape index (κ2) is 9.36. The lowest BCUT2D eigenvalue weighted by molar-refractivity contribution is -0.130. The van der Waals surface area contributed by atoms with Crippen LogP contribution in [0.4, 0.5) is 10.8 Å². The van der Waals surface area contributed by atoms with Crippen LogP contribution < -0.4 is 21.1 Å². The summed E-state index contributed by atoms with van der Waals surface area (Å²) >= 11 is 3.04. The molecule has 2 heterocycles. The number of aromatic nitrogens is 1. The average molecular weight is 456 g/mol. The zero-order valence-electron chi connectivity index (χ0n) is 16.8. The SMILES string of the molecule is CSc1cccc(N2C[C@@H](C(=O)NNC(=O)CNc3nc4ccccc4s3)CC2=O)c1. The molecule has 4 rings (SSSR count). The maximum Gasteiger partial charge on any atom is 0.257 e. The topological polar surface area (TPSA) is 103 Å². The number of anilines is 2. The van der Waals surface area contributed by atoms with E-state index in [1.807, 2.05) is 54.8 Å². The van der Waals surface area contributed by atoms with Gasteiger partial charge in [-0.25, -0.2) is 4.98 Å². The first kappa shape index (κ1) is 21.1. The van der Waals surface area contributed by atoms with Crippen LogP contribution in [-0.4, -0.2) is 42.1 Å². The van der Waals surface area contributed by atoms with Crippen LogP contribution in [-0.2, 0) is 14.4 Å². The Bertz CT molecular complexity index is 1100. The highest BCUT2D eigenvalue weighted by atomic mass is 32.2. The maximum atomic E-state index is 12.4. The fraction of sp³-hybridized carbons (Fsp3) is 0.238. The number of thiazole rings is 1. The second-order valence-electron chi connectivity index (χ2n) is 6.98. The molecule has 1 aromatic heterocycles. The van der Waals surface area contributed by atoms with E-state index >= 15 is 0 Å². The predicted octanol–water partition coefficient (Wildman–Crippen LogP) is 2.63. The average Bonchev–Trinajstić information content (AvgIpc) is 3.39. The van der Waals surface area contributed by atoms with E-state index < -0.39 is 11.8 Å². The van der Waals surface area contributed by atoms with Crippen LogP contribution in [0.5, 0.6) is 0 Å². The van der Waals surface area contributed by atoms with Gasteiger partial charge in [-0.05, 0) is 36.6 Å². The number of carbonyl (C=O) groups is 3. The van der Waals surface area contributed by atoms with Crippen molar-refractivity contribution in [3.05, 3.63) is 48.5 Å². The molecular weight excluding hydrogens is 434 g/mol. The van der Waals surface area contributed by atoms with Crippen LogP contribution in [0.1, 0.15) is 6.42 Å². The first-order chi connectivity index (χ1) is 15.0. The zero-order chi connectivity index (χ0) is 21.8. The molecule has 2 aromatic carbocycles. The Morgan fingerprint density at radius 2 is 2.03 bits per heavy atom.